The van der Waals surface area contributed by atoms with Crippen molar-refractivity contribution in [2.45, 2.75) is 38.5 Å². The summed E-state index contributed by atoms with van der Waals surface area (Å²) in [4.78, 5) is 4.88. The third kappa shape index (κ3) is 2.39. The van der Waals surface area contributed by atoms with Crippen LogP contribution in [0.25, 0.3) is 10.9 Å². The fourth-order valence-corrected chi connectivity index (χ4v) is 4.22. The van der Waals surface area contributed by atoms with Crippen LogP contribution in [0.5, 0.6) is 0 Å². The Hall–Kier alpha value is -1.25. The van der Waals surface area contributed by atoms with Crippen molar-refractivity contribution in [2.75, 3.05) is 5.73 Å². The average Bonchev–Trinajstić information content (AvgIpc) is 2.47. The Morgan fingerprint density at radius 3 is 2.91 bits per heavy atom. The number of nitrogens with two attached hydrogens (primary N) is 1. The molecular formula is C18H20Cl2N2. The van der Waals surface area contributed by atoms with Crippen LogP contribution in [0.1, 0.15) is 43.4 Å². The Morgan fingerprint density at radius 2 is 2.14 bits per heavy atom. The van der Waals surface area contributed by atoms with Crippen LogP contribution in [-0.4, -0.2) is 4.98 Å². The van der Waals surface area contributed by atoms with Crippen LogP contribution in [-0.2, 0) is 6.42 Å². The van der Waals surface area contributed by atoms with Gasteiger partial charge < -0.3 is 5.73 Å². The molecule has 2 nitrogen and oxygen atoms in total. The maximum atomic E-state index is 6.51. The molecule has 0 saturated heterocycles. The summed E-state index contributed by atoms with van der Waals surface area (Å²) in [7, 11) is 0. The van der Waals surface area contributed by atoms with Crippen molar-refractivity contribution in [3.05, 3.63) is 46.1 Å². The molecule has 2 aromatic rings. The fourth-order valence-electron chi connectivity index (χ4n) is 4.05. The van der Waals surface area contributed by atoms with E-state index in [0.29, 0.717) is 11.8 Å². The minimum atomic E-state index is 0. The smallest absolute Gasteiger partial charge is 0.0727 e. The molecule has 2 bridgehead atoms. The quantitative estimate of drug-likeness (QED) is 0.720. The lowest BCUT2D eigenvalue weighted by Crippen LogP contribution is -2.24. The molecule has 1 aromatic heterocycles. The maximum absolute atomic E-state index is 6.51. The number of pyridine rings is 1. The second kappa shape index (κ2) is 5.75. The fraction of sp³-hybridized carbons (Fsp3) is 0.389. The van der Waals surface area contributed by atoms with Gasteiger partial charge >= 0.3 is 0 Å². The van der Waals surface area contributed by atoms with Gasteiger partial charge in [0.05, 0.1) is 5.52 Å². The molecule has 22 heavy (non-hydrogen) atoms. The third-order valence-corrected chi connectivity index (χ3v) is 5.23. The number of anilines is 1. The van der Waals surface area contributed by atoms with Crippen LogP contribution in [0.15, 0.2) is 29.8 Å². The normalized spacial score (nSPS) is 22.7. The van der Waals surface area contributed by atoms with E-state index in [9.17, 15) is 0 Å². The lowest BCUT2D eigenvalue weighted by Gasteiger charge is -2.35. The Kier molecular flexibility index (Phi) is 4.09. The van der Waals surface area contributed by atoms with E-state index < -0.39 is 0 Å². The highest BCUT2D eigenvalue weighted by atomic mass is 35.5. The van der Waals surface area contributed by atoms with Gasteiger partial charge in [-0.3, -0.25) is 4.98 Å². The number of fused-ring (bicyclic) bond motifs is 5. The molecule has 2 aliphatic carbocycles. The molecule has 0 amide bonds. The van der Waals surface area contributed by atoms with E-state index in [2.05, 4.69) is 13.0 Å². The van der Waals surface area contributed by atoms with Gasteiger partial charge in [0.1, 0.15) is 0 Å². The lowest BCUT2D eigenvalue weighted by molar-refractivity contribution is 0.429. The lowest BCUT2D eigenvalue weighted by atomic mass is 9.70. The van der Waals surface area contributed by atoms with Crippen LogP contribution in [0.4, 0.5) is 5.69 Å². The van der Waals surface area contributed by atoms with E-state index in [1.54, 1.807) is 5.57 Å². The zero-order valence-electron chi connectivity index (χ0n) is 12.6. The summed E-state index contributed by atoms with van der Waals surface area (Å²) in [5.74, 6) is 1.18. The van der Waals surface area contributed by atoms with Gasteiger partial charge in [0.2, 0.25) is 0 Å². The van der Waals surface area contributed by atoms with Gasteiger partial charge in [0.15, 0.2) is 0 Å². The standard InChI is InChI=1S/C18H19ClN2.ClH/c1-2-10-5-11-7-12(6-10)17-16(8-11)21-15-4-3-13(19)9-14(15)18(17)20;/h3-5,9,11-12H,2,6-8H2,1H3,(H2,20,21);1H. The number of nitrogen functional groups attached to an aromatic ring is 1. The van der Waals surface area contributed by atoms with Crippen LogP contribution in [0, 0.1) is 5.92 Å². The van der Waals surface area contributed by atoms with Crippen LogP contribution >= 0.6 is 24.0 Å². The Bertz CT molecular complexity index is 767. The van der Waals surface area contributed by atoms with Gasteiger partial charge in [0.25, 0.3) is 0 Å². The number of benzene rings is 1. The van der Waals surface area contributed by atoms with E-state index in [-0.39, 0.29) is 12.4 Å². The van der Waals surface area contributed by atoms with Gasteiger partial charge in [-0.1, -0.05) is 30.2 Å². The monoisotopic (exact) mass is 334 g/mol. The van der Waals surface area contributed by atoms with Crippen molar-refractivity contribution in [3.8, 4) is 0 Å². The van der Waals surface area contributed by atoms with Gasteiger partial charge in [-0.05, 0) is 55.7 Å². The largest absolute Gasteiger partial charge is 0.398 e. The number of hydrogen-bond donors (Lipinski definition) is 1. The number of halogens is 2. The highest BCUT2D eigenvalue weighted by Crippen LogP contribution is 2.47. The molecule has 116 valence electrons. The Labute approximate surface area is 142 Å². The molecule has 2 atom stereocenters. The number of rotatable bonds is 1. The summed E-state index contributed by atoms with van der Waals surface area (Å²) in [6.45, 7) is 2.25. The number of nitrogens with zero attached hydrogens (tertiary/aromatic N) is 1. The molecule has 1 aromatic carbocycles. The molecule has 2 aliphatic rings. The summed E-state index contributed by atoms with van der Waals surface area (Å²) in [5.41, 5.74) is 12.5. The SMILES string of the molecule is CCC1=CC2Cc3nc4ccc(Cl)cc4c(N)c3C(C1)C2.Cl. The topological polar surface area (TPSA) is 38.9 Å². The Morgan fingerprint density at radius 1 is 1.32 bits per heavy atom. The number of hydrogen-bond acceptors (Lipinski definition) is 2. The first-order valence-electron chi connectivity index (χ1n) is 7.72. The molecular weight excluding hydrogens is 315 g/mol. The summed E-state index contributed by atoms with van der Waals surface area (Å²) in [6, 6.07) is 5.82. The van der Waals surface area contributed by atoms with Gasteiger partial charge in [0, 0.05) is 27.4 Å². The molecule has 0 saturated carbocycles. The van der Waals surface area contributed by atoms with E-state index in [1.807, 2.05) is 18.2 Å². The van der Waals surface area contributed by atoms with Crippen LogP contribution < -0.4 is 5.73 Å². The van der Waals surface area contributed by atoms with E-state index in [0.717, 1.165) is 40.9 Å². The molecule has 1 heterocycles. The number of allylic oxidation sites excluding steroid dienone is 2. The molecule has 0 aliphatic heterocycles. The van der Waals surface area contributed by atoms with Crippen LogP contribution in [0.2, 0.25) is 5.02 Å². The molecule has 0 fully saturated rings. The minimum Gasteiger partial charge on any atom is -0.398 e. The maximum Gasteiger partial charge on any atom is 0.0727 e. The summed E-state index contributed by atoms with van der Waals surface area (Å²) in [6.07, 6.45) is 7.00. The van der Waals surface area contributed by atoms with E-state index in [4.69, 9.17) is 22.3 Å². The van der Waals surface area contributed by atoms with Gasteiger partial charge in [-0.25, -0.2) is 0 Å². The number of aromatic nitrogens is 1. The van der Waals surface area contributed by atoms with Crippen molar-refractivity contribution >= 4 is 40.6 Å². The summed E-state index contributed by atoms with van der Waals surface area (Å²) in [5, 5.41) is 1.73. The Balaban J connectivity index is 0.00000144. The summed E-state index contributed by atoms with van der Waals surface area (Å²) >= 11 is 6.13. The highest BCUT2D eigenvalue weighted by Gasteiger charge is 2.33. The van der Waals surface area contributed by atoms with Crippen LogP contribution in [0.3, 0.4) is 0 Å². The zero-order valence-corrected chi connectivity index (χ0v) is 14.2. The minimum absolute atomic E-state index is 0. The van der Waals surface area contributed by atoms with E-state index in [1.165, 1.54) is 17.7 Å². The zero-order chi connectivity index (χ0) is 14.6. The first kappa shape index (κ1) is 15.6. The second-order valence-electron chi connectivity index (χ2n) is 6.33. The molecule has 4 rings (SSSR count). The molecule has 2 unspecified atom stereocenters. The predicted molar refractivity (Wildman–Crippen MR) is 96.0 cm³/mol. The van der Waals surface area contributed by atoms with Gasteiger partial charge in [-0.2, -0.15) is 0 Å². The molecule has 2 N–H and O–H groups in total. The van der Waals surface area contributed by atoms with E-state index >= 15 is 0 Å². The third-order valence-electron chi connectivity index (χ3n) is 4.99. The predicted octanol–water partition coefficient (Wildman–Crippen LogP) is 5.28. The van der Waals surface area contributed by atoms with Gasteiger partial charge in [-0.15, -0.1) is 12.4 Å². The first-order chi connectivity index (χ1) is 10.2. The highest BCUT2D eigenvalue weighted by molar-refractivity contribution is 6.31. The van der Waals surface area contributed by atoms with Crippen molar-refractivity contribution < 1.29 is 0 Å². The average molecular weight is 335 g/mol. The van der Waals surface area contributed by atoms with Crippen molar-refractivity contribution in [3.63, 3.8) is 0 Å². The summed E-state index contributed by atoms with van der Waals surface area (Å²) < 4.78 is 0. The van der Waals surface area contributed by atoms with Crippen molar-refractivity contribution in [1.82, 2.24) is 4.98 Å². The first-order valence-corrected chi connectivity index (χ1v) is 8.10. The molecule has 0 radical (unpaired) electrons. The molecule has 0 spiro atoms. The second-order valence-corrected chi connectivity index (χ2v) is 6.76. The van der Waals surface area contributed by atoms with Crippen molar-refractivity contribution in [2.24, 2.45) is 5.92 Å². The molecule has 4 heteroatoms. The van der Waals surface area contributed by atoms with Crippen molar-refractivity contribution in [1.29, 1.82) is 0 Å².